The number of nitrogens with zero attached hydrogens (tertiary/aromatic N) is 1. The van der Waals surface area contributed by atoms with E-state index in [9.17, 15) is 9.59 Å². The monoisotopic (exact) mass is 386 g/mol. The third-order valence-corrected chi connectivity index (χ3v) is 5.52. The standard InChI is InChI=1S/C21H26N2O3S/c1-5-17-16-11-13-27-18(16)10-12-23(17)19(24)14-6-8-15(9-7-14)22-20(25)26-21(2,3)4/h6-9,11,13,17H,5,10,12H2,1-4H3,(H,22,25)/t17-/m0/s1. The van der Waals surface area contributed by atoms with Crippen molar-refractivity contribution in [2.45, 2.75) is 52.2 Å². The first-order chi connectivity index (χ1) is 12.8. The van der Waals surface area contributed by atoms with E-state index in [0.717, 1.165) is 19.4 Å². The zero-order valence-electron chi connectivity index (χ0n) is 16.2. The van der Waals surface area contributed by atoms with E-state index in [2.05, 4.69) is 23.7 Å². The maximum absolute atomic E-state index is 13.0. The Morgan fingerprint density at radius 1 is 1.22 bits per heavy atom. The highest BCUT2D eigenvalue weighted by molar-refractivity contribution is 7.10. The number of benzene rings is 1. The molecule has 0 fully saturated rings. The van der Waals surface area contributed by atoms with Crippen LogP contribution in [-0.2, 0) is 11.2 Å². The molecule has 1 N–H and O–H groups in total. The van der Waals surface area contributed by atoms with Gasteiger partial charge in [-0.2, -0.15) is 0 Å². The van der Waals surface area contributed by atoms with Gasteiger partial charge in [-0.25, -0.2) is 4.79 Å². The van der Waals surface area contributed by atoms with Crippen LogP contribution in [0, 0.1) is 0 Å². The molecule has 144 valence electrons. The van der Waals surface area contributed by atoms with Gasteiger partial charge in [-0.05, 0) is 74.9 Å². The average molecular weight is 387 g/mol. The summed E-state index contributed by atoms with van der Waals surface area (Å²) in [6.45, 7) is 8.30. The lowest BCUT2D eigenvalue weighted by atomic mass is 9.97. The summed E-state index contributed by atoms with van der Waals surface area (Å²) in [5, 5.41) is 4.80. The van der Waals surface area contributed by atoms with Crippen molar-refractivity contribution >= 4 is 29.0 Å². The first-order valence-electron chi connectivity index (χ1n) is 9.26. The molecule has 1 aliphatic heterocycles. The molecule has 1 aromatic heterocycles. The van der Waals surface area contributed by atoms with Crippen molar-refractivity contribution in [3.8, 4) is 0 Å². The van der Waals surface area contributed by atoms with Crippen LogP contribution in [0.3, 0.4) is 0 Å². The molecular formula is C21H26N2O3S. The van der Waals surface area contributed by atoms with Gasteiger partial charge in [0.25, 0.3) is 5.91 Å². The Hall–Kier alpha value is -2.34. The van der Waals surface area contributed by atoms with Crippen molar-refractivity contribution in [1.82, 2.24) is 4.90 Å². The van der Waals surface area contributed by atoms with E-state index in [0.29, 0.717) is 11.3 Å². The molecule has 2 heterocycles. The summed E-state index contributed by atoms with van der Waals surface area (Å²) in [7, 11) is 0. The van der Waals surface area contributed by atoms with Gasteiger partial charge in [0.05, 0.1) is 6.04 Å². The fourth-order valence-electron chi connectivity index (χ4n) is 3.36. The normalized spacial score (nSPS) is 16.6. The molecule has 0 radical (unpaired) electrons. The van der Waals surface area contributed by atoms with Gasteiger partial charge in [-0.15, -0.1) is 11.3 Å². The van der Waals surface area contributed by atoms with Gasteiger partial charge in [0, 0.05) is 22.7 Å². The van der Waals surface area contributed by atoms with Crippen LogP contribution < -0.4 is 5.32 Å². The van der Waals surface area contributed by atoms with E-state index in [1.165, 1.54) is 10.4 Å². The number of rotatable bonds is 3. The minimum absolute atomic E-state index is 0.0301. The van der Waals surface area contributed by atoms with Gasteiger partial charge in [0.2, 0.25) is 0 Å². The van der Waals surface area contributed by atoms with Gasteiger partial charge >= 0.3 is 6.09 Å². The molecule has 2 amide bonds. The van der Waals surface area contributed by atoms with Crippen LogP contribution >= 0.6 is 11.3 Å². The Morgan fingerprint density at radius 2 is 1.93 bits per heavy atom. The molecule has 0 aliphatic carbocycles. The van der Waals surface area contributed by atoms with E-state index < -0.39 is 11.7 Å². The molecule has 0 spiro atoms. The fraction of sp³-hybridized carbons (Fsp3) is 0.429. The van der Waals surface area contributed by atoms with E-state index >= 15 is 0 Å². The molecule has 0 saturated carbocycles. The molecule has 0 unspecified atom stereocenters. The van der Waals surface area contributed by atoms with Crippen molar-refractivity contribution in [3.05, 3.63) is 51.7 Å². The van der Waals surface area contributed by atoms with Crippen LogP contribution in [0.15, 0.2) is 35.7 Å². The molecule has 3 rings (SSSR count). The summed E-state index contributed by atoms with van der Waals surface area (Å²) < 4.78 is 5.24. The lowest BCUT2D eigenvalue weighted by Crippen LogP contribution is -2.39. The summed E-state index contributed by atoms with van der Waals surface area (Å²) in [6, 6.07) is 9.25. The number of nitrogens with one attached hydrogen (secondary N) is 1. The molecule has 1 aliphatic rings. The fourth-order valence-corrected chi connectivity index (χ4v) is 4.29. The Bertz CT molecular complexity index is 821. The maximum Gasteiger partial charge on any atom is 0.412 e. The minimum Gasteiger partial charge on any atom is -0.444 e. The maximum atomic E-state index is 13.0. The number of ether oxygens (including phenoxy) is 1. The minimum atomic E-state index is -0.552. The van der Waals surface area contributed by atoms with E-state index in [1.807, 2.05) is 25.7 Å². The van der Waals surface area contributed by atoms with Crippen LogP contribution in [0.5, 0.6) is 0 Å². The molecule has 6 heteroatoms. The number of carbonyl (C=O) groups excluding carboxylic acids is 2. The number of fused-ring (bicyclic) bond motifs is 1. The topological polar surface area (TPSA) is 58.6 Å². The predicted molar refractivity (Wildman–Crippen MR) is 108 cm³/mol. The molecule has 2 aromatic rings. The second-order valence-corrected chi connectivity index (χ2v) is 8.68. The highest BCUT2D eigenvalue weighted by Crippen LogP contribution is 2.36. The zero-order chi connectivity index (χ0) is 19.6. The highest BCUT2D eigenvalue weighted by Gasteiger charge is 2.30. The Kier molecular flexibility index (Phi) is 5.56. The predicted octanol–water partition coefficient (Wildman–Crippen LogP) is 5.24. The van der Waals surface area contributed by atoms with E-state index in [1.54, 1.807) is 35.6 Å². The molecule has 27 heavy (non-hydrogen) atoms. The summed E-state index contributed by atoms with van der Waals surface area (Å²) in [4.78, 5) is 28.3. The van der Waals surface area contributed by atoms with Crippen LogP contribution in [-0.4, -0.2) is 29.0 Å². The van der Waals surface area contributed by atoms with Gasteiger partial charge in [-0.3, -0.25) is 10.1 Å². The van der Waals surface area contributed by atoms with Crippen LogP contribution in [0.2, 0.25) is 0 Å². The van der Waals surface area contributed by atoms with Gasteiger partial charge in [0.15, 0.2) is 0 Å². The Morgan fingerprint density at radius 3 is 2.56 bits per heavy atom. The lowest BCUT2D eigenvalue weighted by Gasteiger charge is -2.35. The smallest absolute Gasteiger partial charge is 0.412 e. The second-order valence-electron chi connectivity index (χ2n) is 7.68. The number of hydrogen-bond donors (Lipinski definition) is 1. The lowest BCUT2D eigenvalue weighted by molar-refractivity contribution is 0.0633. The number of thiophene rings is 1. The largest absolute Gasteiger partial charge is 0.444 e. The molecule has 0 saturated heterocycles. The van der Waals surface area contributed by atoms with Gasteiger partial charge in [-0.1, -0.05) is 6.92 Å². The zero-order valence-corrected chi connectivity index (χ0v) is 17.1. The van der Waals surface area contributed by atoms with Crippen LogP contribution in [0.25, 0.3) is 0 Å². The summed E-state index contributed by atoms with van der Waals surface area (Å²) in [5.41, 5.74) is 1.96. The van der Waals surface area contributed by atoms with Crippen molar-refractivity contribution in [2.24, 2.45) is 0 Å². The number of hydrogen-bond acceptors (Lipinski definition) is 4. The summed E-state index contributed by atoms with van der Waals surface area (Å²) in [6.07, 6.45) is 1.30. The van der Waals surface area contributed by atoms with Crippen LogP contribution in [0.4, 0.5) is 10.5 Å². The highest BCUT2D eigenvalue weighted by atomic mass is 32.1. The van der Waals surface area contributed by atoms with Crippen molar-refractivity contribution in [2.75, 3.05) is 11.9 Å². The molecule has 1 atom stereocenters. The number of amides is 2. The first kappa shape index (κ1) is 19.4. The first-order valence-corrected chi connectivity index (χ1v) is 10.1. The molecule has 5 nitrogen and oxygen atoms in total. The van der Waals surface area contributed by atoms with Crippen LogP contribution in [0.1, 0.15) is 61.0 Å². The van der Waals surface area contributed by atoms with Crippen molar-refractivity contribution in [3.63, 3.8) is 0 Å². The van der Waals surface area contributed by atoms with E-state index in [-0.39, 0.29) is 11.9 Å². The number of anilines is 1. The number of carbonyl (C=O) groups is 2. The average Bonchev–Trinajstić information content (AvgIpc) is 3.08. The third kappa shape index (κ3) is 4.50. The van der Waals surface area contributed by atoms with E-state index in [4.69, 9.17) is 4.74 Å². The Labute approximate surface area is 164 Å². The Balaban J connectivity index is 1.70. The third-order valence-electron chi connectivity index (χ3n) is 4.52. The quantitative estimate of drug-likeness (QED) is 0.784. The summed E-state index contributed by atoms with van der Waals surface area (Å²) in [5.74, 6) is 0.0301. The SMILES string of the molecule is CC[C@H]1c2ccsc2CCN1C(=O)c1ccc(NC(=O)OC(C)(C)C)cc1. The van der Waals surface area contributed by atoms with Crippen molar-refractivity contribution in [1.29, 1.82) is 0 Å². The molecular weight excluding hydrogens is 360 g/mol. The summed E-state index contributed by atoms with van der Waals surface area (Å²) >= 11 is 1.78. The van der Waals surface area contributed by atoms with Gasteiger partial charge < -0.3 is 9.64 Å². The molecule has 1 aromatic carbocycles. The van der Waals surface area contributed by atoms with Crippen molar-refractivity contribution < 1.29 is 14.3 Å². The van der Waals surface area contributed by atoms with Gasteiger partial charge in [0.1, 0.15) is 5.60 Å². The second kappa shape index (κ2) is 7.72. The molecule has 0 bridgehead atoms.